The molecular formula is C22H20F4N4O2S. The third-order valence-electron chi connectivity index (χ3n) is 5.58. The Labute approximate surface area is 190 Å². The van der Waals surface area contributed by atoms with E-state index in [0.29, 0.717) is 6.42 Å². The number of nitrogens with two attached hydrogens (primary N) is 1. The summed E-state index contributed by atoms with van der Waals surface area (Å²) in [6.45, 7) is 1.56. The largest absolute Gasteiger partial charge is 0.417 e. The second-order valence-electron chi connectivity index (χ2n) is 7.76. The summed E-state index contributed by atoms with van der Waals surface area (Å²) in [5.41, 5.74) is 5.81. The number of anilines is 1. The highest BCUT2D eigenvalue weighted by Crippen LogP contribution is 2.45. The second-order valence-corrected chi connectivity index (χ2v) is 8.76. The lowest BCUT2D eigenvalue weighted by atomic mass is 9.96. The van der Waals surface area contributed by atoms with Crippen molar-refractivity contribution in [1.82, 2.24) is 15.2 Å². The van der Waals surface area contributed by atoms with Gasteiger partial charge in [0.25, 0.3) is 5.91 Å². The molecule has 3 aromatic rings. The second kappa shape index (κ2) is 8.62. The average molecular weight is 480 g/mol. The number of nitrogens with zero attached hydrogens (tertiary/aromatic N) is 2. The molecule has 0 unspecified atom stereocenters. The van der Waals surface area contributed by atoms with Crippen molar-refractivity contribution in [2.24, 2.45) is 0 Å². The van der Waals surface area contributed by atoms with E-state index in [1.165, 1.54) is 24.0 Å². The summed E-state index contributed by atoms with van der Waals surface area (Å²) in [4.78, 5) is 30.1. The molecule has 174 valence electrons. The number of amides is 2. The maximum Gasteiger partial charge on any atom is 0.417 e. The summed E-state index contributed by atoms with van der Waals surface area (Å²) in [5.74, 6) is -1.30. The van der Waals surface area contributed by atoms with Gasteiger partial charge in [0, 0.05) is 49.6 Å². The van der Waals surface area contributed by atoms with Crippen LogP contribution < -0.4 is 11.1 Å². The summed E-state index contributed by atoms with van der Waals surface area (Å²) in [5, 5.41) is 2.34. The molecule has 0 spiro atoms. The Hall–Kier alpha value is -3.21. The molecule has 3 heterocycles. The first-order chi connectivity index (χ1) is 15.6. The Morgan fingerprint density at radius 3 is 2.58 bits per heavy atom. The predicted molar refractivity (Wildman–Crippen MR) is 116 cm³/mol. The summed E-state index contributed by atoms with van der Waals surface area (Å²) >= 11 is 0.812. The highest BCUT2D eigenvalue weighted by Gasteiger charge is 2.41. The van der Waals surface area contributed by atoms with E-state index in [2.05, 4.69) is 10.3 Å². The number of hydrogen-bond acceptors (Lipinski definition) is 5. The van der Waals surface area contributed by atoms with Gasteiger partial charge in [-0.3, -0.25) is 9.59 Å². The van der Waals surface area contributed by atoms with Gasteiger partial charge in [-0.15, -0.1) is 11.3 Å². The van der Waals surface area contributed by atoms with Gasteiger partial charge in [-0.05, 0) is 24.1 Å². The molecule has 2 aromatic heterocycles. The van der Waals surface area contributed by atoms with Gasteiger partial charge in [0.1, 0.15) is 15.5 Å². The molecule has 0 atom stereocenters. The molecular weight excluding hydrogens is 460 g/mol. The summed E-state index contributed by atoms with van der Waals surface area (Å²) in [7, 11) is 0. The number of alkyl halides is 3. The minimum Gasteiger partial charge on any atom is -0.397 e. The number of nitrogens with one attached hydrogen (secondary N) is 1. The van der Waals surface area contributed by atoms with Gasteiger partial charge in [0.2, 0.25) is 5.91 Å². The fraction of sp³-hybridized carbons (Fsp3) is 0.318. The van der Waals surface area contributed by atoms with Gasteiger partial charge >= 0.3 is 6.18 Å². The molecule has 11 heteroatoms. The first-order valence-corrected chi connectivity index (χ1v) is 11.0. The van der Waals surface area contributed by atoms with Crippen LogP contribution in [0.25, 0.3) is 10.2 Å². The van der Waals surface area contributed by atoms with E-state index in [4.69, 9.17) is 5.73 Å². The quantitative estimate of drug-likeness (QED) is 0.555. The smallest absolute Gasteiger partial charge is 0.397 e. The number of benzene rings is 1. The van der Waals surface area contributed by atoms with Gasteiger partial charge in [-0.1, -0.05) is 12.1 Å². The third-order valence-corrected chi connectivity index (χ3v) is 6.68. The molecule has 2 amide bonds. The maximum atomic E-state index is 14.1. The summed E-state index contributed by atoms with van der Waals surface area (Å²) in [6, 6.07) is 5.79. The van der Waals surface area contributed by atoms with Crippen molar-refractivity contribution < 1.29 is 27.2 Å². The van der Waals surface area contributed by atoms with Crippen LogP contribution in [0.5, 0.6) is 0 Å². The number of carbonyl (C=O) groups is 2. The zero-order chi connectivity index (χ0) is 23.9. The van der Waals surface area contributed by atoms with Crippen LogP contribution in [-0.2, 0) is 30.4 Å². The zero-order valence-electron chi connectivity index (χ0n) is 17.6. The lowest BCUT2D eigenvalue weighted by Crippen LogP contribution is -2.36. The van der Waals surface area contributed by atoms with Gasteiger partial charge in [0.15, 0.2) is 0 Å². The topological polar surface area (TPSA) is 88.3 Å². The molecule has 1 aliphatic rings. The van der Waals surface area contributed by atoms with E-state index >= 15 is 0 Å². The Balaban J connectivity index is 1.67. The van der Waals surface area contributed by atoms with Crippen LogP contribution in [0.3, 0.4) is 0 Å². The molecule has 0 bridgehead atoms. The molecule has 33 heavy (non-hydrogen) atoms. The molecule has 4 rings (SSSR count). The number of hydrogen-bond donors (Lipinski definition) is 2. The monoisotopic (exact) mass is 480 g/mol. The standard InChI is InChI=1S/C22H20F4N4O2S/c1-11(31)30-9-7-15-14(10-30)17(22(24,25)26)16-18(27)19(33-21(16)29-15)20(32)28-8-6-12-2-4-13(23)5-3-12/h2-5H,6-10,27H2,1H3,(H,28,32). The van der Waals surface area contributed by atoms with Crippen LogP contribution in [0.4, 0.5) is 23.2 Å². The highest BCUT2D eigenvalue weighted by molar-refractivity contribution is 7.21. The molecule has 0 radical (unpaired) electrons. The van der Waals surface area contributed by atoms with Crippen molar-refractivity contribution in [3.8, 4) is 0 Å². The zero-order valence-corrected chi connectivity index (χ0v) is 18.4. The van der Waals surface area contributed by atoms with E-state index in [1.54, 1.807) is 12.1 Å². The Kier molecular flexibility index (Phi) is 6.00. The lowest BCUT2D eigenvalue weighted by Gasteiger charge is -2.29. The van der Waals surface area contributed by atoms with Gasteiger partial charge in [-0.2, -0.15) is 13.2 Å². The van der Waals surface area contributed by atoms with Crippen molar-refractivity contribution in [2.45, 2.75) is 32.5 Å². The number of carbonyl (C=O) groups excluding carboxylic acids is 2. The van der Waals surface area contributed by atoms with Crippen LogP contribution in [0.2, 0.25) is 0 Å². The average Bonchev–Trinajstić information content (AvgIpc) is 3.08. The van der Waals surface area contributed by atoms with E-state index in [9.17, 15) is 27.2 Å². The van der Waals surface area contributed by atoms with Crippen LogP contribution >= 0.6 is 11.3 Å². The number of halogens is 4. The molecule has 1 aliphatic heterocycles. The number of pyridine rings is 1. The van der Waals surface area contributed by atoms with Crippen LogP contribution in [0.15, 0.2) is 24.3 Å². The first kappa shape index (κ1) is 23.0. The van der Waals surface area contributed by atoms with Crippen molar-refractivity contribution >= 4 is 39.1 Å². The van der Waals surface area contributed by atoms with Crippen LogP contribution in [0, 0.1) is 5.82 Å². The summed E-state index contributed by atoms with van der Waals surface area (Å²) in [6.07, 6.45) is -4.14. The predicted octanol–water partition coefficient (Wildman–Crippen LogP) is 3.91. The number of rotatable bonds is 4. The molecule has 0 saturated carbocycles. The molecule has 3 N–H and O–H groups in total. The fourth-order valence-electron chi connectivity index (χ4n) is 3.93. The minimum absolute atomic E-state index is 0.0403. The molecule has 0 aliphatic carbocycles. The first-order valence-electron chi connectivity index (χ1n) is 10.1. The van der Waals surface area contributed by atoms with E-state index in [-0.39, 0.29) is 69.8 Å². The highest BCUT2D eigenvalue weighted by atomic mass is 32.1. The van der Waals surface area contributed by atoms with Gasteiger partial charge in [0.05, 0.1) is 11.3 Å². The lowest BCUT2D eigenvalue weighted by molar-refractivity contribution is -0.138. The van der Waals surface area contributed by atoms with E-state index < -0.39 is 17.6 Å². The minimum atomic E-state index is -4.74. The van der Waals surface area contributed by atoms with Crippen molar-refractivity contribution in [2.75, 3.05) is 18.8 Å². The van der Waals surface area contributed by atoms with Crippen molar-refractivity contribution in [3.63, 3.8) is 0 Å². The van der Waals surface area contributed by atoms with Crippen molar-refractivity contribution in [3.05, 3.63) is 57.3 Å². The van der Waals surface area contributed by atoms with Gasteiger partial charge < -0.3 is 16.0 Å². The number of fused-ring (bicyclic) bond motifs is 2. The SMILES string of the molecule is CC(=O)N1CCc2nc3sc(C(=O)NCCc4ccc(F)cc4)c(N)c3c(C(F)(F)F)c2C1. The Bertz CT molecular complexity index is 1240. The number of aromatic nitrogens is 1. The van der Waals surface area contributed by atoms with E-state index in [0.717, 1.165) is 16.9 Å². The molecule has 1 aromatic carbocycles. The summed E-state index contributed by atoms with van der Waals surface area (Å²) < 4.78 is 55.4. The van der Waals surface area contributed by atoms with Crippen LogP contribution in [-0.4, -0.2) is 34.8 Å². The Morgan fingerprint density at radius 1 is 1.24 bits per heavy atom. The third kappa shape index (κ3) is 4.50. The Morgan fingerprint density at radius 2 is 1.94 bits per heavy atom. The maximum absolute atomic E-state index is 14.1. The van der Waals surface area contributed by atoms with E-state index in [1.807, 2.05) is 0 Å². The number of nitrogen functional groups attached to an aromatic ring is 1. The van der Waals surface area contributed by atoms with Gasteiger partial charge in [-0.25, -0.2) is 9.37 Å². The van der Waals surface area contributed by atoms with Crippen LogP contribution in [0.1, 0.15) is 39.0 Å². The molecule has 0 fully saturated rings. The molecule has 0 saturated heterocycles. The molecule has 6 nitrogen and oxygen atoms in total. The number of thiophene rings is 1. The van der Waals surface area contributed by atoms with Crippen molar-refractivity contribution in [1.29, 1.82) is 0 Å². The fourth-order valence-corrected chi connectivity index (χ4v) is 4.97. The normalized spacial score (nSPS) is 13.8.